The second-order valence-corrected chi connectivity index (χ2v) is 5.67. The van der Waals surface area contributed by atoms with Crippen molar-refractivity contribution in [2.45, 2.75) is 25.7 Å². The second kappa shape index (κ2) is 7.95. The molecule has 0 fully saturated rings. The Balaban J connectivity index is 1.71. The number of nitriles is 1. The van der Waals surface area contributed by atoms with Crippen LogP contribution in [-0.4, -0.2) is 4.98 Å². The first-order valence-electron chi connectivity index (χ1n) is 8.14. The number of fused-ring (bicyclic) bond motifs is 1. The van der Waals surface area contributed by atoms with Gasteiger partial charge in [-0.25, -0.2) is 0 Å². The van der Waals surface area contributed by atoms with Crippen molar-refractivity contribution in [2.24, 2.45) is 0 Å². The fourth-order valence-corrected chi connectivity index (χ4v) is 2.64. The summed E-state index contributed by atoms with van der Waals surface area (Å²) in [5.41, 5.74) is 3.35. The molecule has 2 aromatic carbocycles. The third-order valence-electron chi connectivity index (χ3n) is 3.90. The number of aromatic nitrogens is 1. The van der Waals surface area contributed by atoms with Gasteiger partial charge in [0.2, 0.25) is 0 Å². The Labute approximate surface area is 142 Å². The molecule has 24 heavy (non-hydrogen) atoms. The average Bonchev–Trinajstić information content (AvgIpc) is 2.63. The fraction of sp³-hybridized carbons (Fsp3) is 0.182. The van der Waals surface area contributed by atoms with Gasteiger partial charge in [-0.05, 0) is 35.6 Å². The van der Waals surface area contributed by atoms with E-state index in [4.69, 9.17) is 5.26 Å². The minimum Gasteiger partial charge on any atom is -0.260 e. The molecule has 1 aromatic heterocycles. The predicted molar refractivity (Wildman–Crippen MR) is 97.3 cm³/mol. The molecule has 3 aromatic rings. The second-order valence-electron chi connectivity index (χ2n) is 5.67. The Kier molecular flexibility index (Phi) is 5.23. The molecule has 116 valence electrons. The van der Waals surface area contributed by atoms with Gasteiger partial charge in [-0.2, -0.15) is 5.26 Å². The van der Waals surface area contributed by atoms with Crippen molar-refractivity contribution in [3.05, 3.63) is 77.6 Å². The maximum Gasteiger partial charge on any atom is 0.0622 e. The zero-order valence-corrected chi connectivity index (χ0v) is 13.5. The van der Waals surface area contributed by atoms with Crippen molar-refractivity contribution in [3.63, 3.8) is 0 Å². The van der Waals surface area contributed by atoms with Gasteiger partial charge >= 0.3 is 0 Å². The van der Waals surface area contributed by atoms with Crippen LogP contribution in [0.4, 0.5) is 0 Å². The molecule has 0 atom stereocenters. The van der Waals surface area contributed by atoms with Gasteiger partial charge in [0.05, 0.1) is 11.8 Å². The number of benzene rings is 2. The molecule has 0 unspecified atom stereocenters. The van der Waals surface area contributed by atoms with Crippen LogP contribution in [0.15, 0.2) is 60.8 Å². The maximum absolute atomic E-state index is 8.50. The first-order valence-corrected chi connectivity index (χ1v) is 8.14. The Bertz CT molecular complexity index is 917. The van der Waals surface area contributed by atoms with Crippen LogP contribution in [0.1, 0.15) is 36.1 Å². The molecule has 0 aliphatic carbocycles. The zero-order chi connectivity index (χ0) is 16.6. The summed E-state index contributed by atoms with van der Waals surface area (Å²) < 4.78 is 0. The van der Waals surface area contributed by atoms with Gasteiger partial charge in [-0.15, -0.1) is 0 Å². The van der Waals surface area contributed by atoms with E-state index >= 15 is 0 Å². The molecule has 0 amide bonds. The maximum atomic E-state index is 8.50. The lowest BCUT2D eigenvalue weighted by Gasteiger charge is -2.06. The van der Waals surface area contributed by atoms with Crippen molar-refractivity contribution in [3.8, 4) is 17.9 Å². The van der Waals surface area contributed by atoms with E-state index in [-0.39, 0.29) is 0 Å². The van der Waals surface area contributed by atoms with Crippen LogP contribution in [-0.2, 0) is 6.42 Å². The Morgan fingerprint density at radius 3 is 2.58 bits per heavy atom. The van der Waals surface area contributed by atoms with Crippen molar-refractivity contribution >= 4 is 10.8 Å². The van der Waals surface area contributed by atoms with Crippen molar-refractivity contribution in [1.29, 1.82) is 5.26 Å². The molecule has 1 heterocycles. The first kappa shape index (κ1) is 15.8. The topological polar surface area (TPSA) is 36.7 Å². The summed E-state index contributed by atoms with van der Waals surface area (Å²) >= 11 is 0. The summed E-state index contributed by atoms with van der Waals surface area (Å²) in [7, 11) is 0. The Morgan fingerprint density at radius 1 is 0.917 bits per heavy atom. The molecule has 0 spiro atoms. The summed E-state index contributed by atoms with van der Waals surface area (Å²) in [6.07, 6.45) is 4.88. The predicted octanol–water partition coefficient (Wildman–Crippen LogP) is 4.87. The summed E-state index contributed by atoms with van der Waals surface area (Å²) in [6.45, 7) is 0. The van der Waals surface area contributed by atoms with E-state index < -0.39 is 0 Å². The van der Waals surface area contributed by atoms with Crippen LogP contribution in [0.3, 0.4) is 0 Å². The summed E-state index contributed by atoms with van der Waals surface area (Å²) in [5, 5.41) is 10.9. The van der Waals surface area contributed by atoms with Crippen LogP contribution in [0.5, 0.6) is 0 Å². The van der Waals surface area contributed by atoms with Gasteiger partial charge < -0.3 is 0 Å². The van der Waals surface area contributed by atoms with Crippen LogP contribution in [0.2, 0.25) is 0 Å². The SMILES string of the molecule is N#CCCCC#Cc1ccc(Cc2nccc3ccccc23)cc1. The number of pyridine rings is 1. The molecule has 3 rings (SSSR count). The number of hydrogen-bond acceptors (Lipinski definition) is 2. The van der Waals surface area contributed by atoms with Gasteiger partial charge in [-0.1, -0.05) is 48.2 Å². The lowest BCUT2D eigenvalue weighted by molar-refractivity contribution is 0.894. The van der Waals surface area contributed by atoms with E-state index in [1.165, 1.54) is 16.3 Å². The van der Waals surface area contributed by atoms with E-state index in [1.54, 1.807) is 0 Å². The Morgan fingerprint density at radius 2 is 1.75 bits per heavy atom. The fourth-order valence-electron chi connectivity index (χ4n) is 2.64. The third kappa shape index (κ3) is 4.00. The average molecular weight is 310 g/mol. The summed E-state index contributed by atoms with van der Waals surface area (Å²) in [4.78, 5) is 4.55. The smallest absolute Gasteiger partial charge is 0.0622 e. The zero-order valence-electron chi connectivity index (χ0n) is 13.5. The monoisotopic (exact) mass is 310 g/mol. The molecule has 0 radical (unpaired) electrons. The normalized spacial score (nSPS) is 9.96. The first-order chi connectivity index (χ1) is 11.9. The van der Waals surface area contributed by atoms with Gasteiger partial charge in [0.15, 0.2) is 0 Å². The molecule has 0 N–H and O–H groups in total. The highest BCUT2D eigenvalue weighted by Crippen LogP contribution is 2.19. The van der Waals surface area contributed by atoms with E-state index in [2.05, 4.69) is 71.4 Å². The van der Waals surface area contributed by atoms with Gasteiger partial charge in [-0.3, -0.25) is 4.98 Å². The molecular formula is C22H18N2. The van der Waals surface area contributed by atoms with Crippen LogP contribution in [0.25, 0.3) is 10.8 Å². The van der Waals surface area contributed by atoms with E-state index in [9.17, 15) is 0 Å². The third-order valence-corrected chi connectivity index (χ3v) is 3.90. The molecule has 0 aliphatic heterocycles. The molecule has 0 saturated heterocycles. The highest BCUT2D eigenvalue weighted by molar-refractivity contribution is 5.84. The molecule has 0 saturated carbocycles. The molecule has 0 bridgehead atoms. The largest absolute Gasteiger partial charge is 0.260 e. The molecule has 2 nitrogen and oxygen atoms in total. The molecule has 2 heteroatoms. The van der Waals surface area contributed by atoms with Crippen LogP contribution < -0.4 is 0 Å². The quantitative estimate of drug-likeness (QED) is 0.509. The van der Waals surface area contributed by atoms with Gasteiger partial charge in [0, 0.05) is 36.4 Å². The van der Waals surface area contributed by atoms with Crippen LogP contribution in [0, 0.1) is 23.2 Å². The standard InChI is InChI=1S/C22H18N2/c23-15-6-2-1-3-7-18-10-12-19(13-11-18)17-22-21-9-5-4-8-20(21)14-16-24-22/h4-5,8-14,16H,1-2,6,17H2. The molecular weight excluding hydrogens is 292 g/mol. The Hall–Kier alpha value is -3.10. The van der Waals surface area contributed by atoms with E-state index in [0.717, 1.165) is 30.5 Å². The number of unbranched alkanes of at least 4 members (excludes halogenated alkanes) is 2. The minimum absolute atomic E-state index is 0.575. The number of rotatable bonds is 4. The summed E-state index contributed by atoms with van der Waals surface area (Å²) in [6, 6.07) is 20.9. The van der Waals surface area contributed by atoms with E-state index in [0.29, 0.717) is 6.42 Å². The highest BCUT2D eigenvalue weighted by Gasteiger charge is 2.03. The number of nitrogens with zero attached hydrogens (tertiary/aromatic N) is 2. The molecule has 0 aliphatic rings. The van der Waals surface area contributed by atoms with Crippen molar-refractivity contribution in [1.82, 2.24) is 4.98 Å². The summed E-state index contributed by atoms with van der Waals surface area (Å²) in [5.74, 6) is 6.27. The minimum atomic E-state index is 0.575. The van der Waals surface area contributed by atoms with Gasteiger partial charge in [0.1, 0.15) is 0 Å². The van der Waals surface area contributed by atoms with E-state index in [1.807, 2.05) is 12.3 Å². The van der Waals surface area contributed by atoms with Crippen molar-refractivity contribution < 1.29 is 0 Å². The van der Waals surface area contributed by atoms with Crippen molar-refractivity contribution in [2.75, 3.05) is 0 Å². The van der Waals surface area contributed by atoms with Crippen LogP contribution >= 0.6 is 0 Å². The highest BCUT2D eigenvalue weighted by atomic mass is 14.7. The lowest BCUT2D eigenvalue weighted by Crippen LogP contribution is -1.93. The van der Waals surface area contributed by atoms with Gasteiger partial charge in [0.25, 0.3) is 0 Å². The lowest BCUT2D eigenvalue weighted by atomic mass is 10.0. The number of hydrogen-bond donors (Lipinski definition) is 0.